The highest BCUT2D eigenvalue weighted by molar-refractivity contribution is 6.38. The number of carbonyl (C=O) groups excluding carboxylic acids is 5. The van der Waals surface area contributed by atoms with Crippen LogP contribution in [0.15, 0.2) is 24.3 Å². The molecule has 1 aromatic carbocycles. The highest BCUT2D eigenvalue weighted by Gasteiger charge is 2.51. The van der Waals surface area contributed by atoms with E-state index in [9.17, 15) is 24.0 Å². The molecule has 1 aromatic heterocycles. The number of fused-ring (bicyclic) bond motifs is 1. The monoisotopic (exact) mass is 567 g/mol. The van der Waals surface area contributed by atoms with Crippen LogP contribution in [0.25, 0.3) is 10.9 Å². The van der Waals surface area contributed by atoms with Crippen molar-refractivity contribution >= 4 is 51.9 Å². The molecular formula is C29H34ClN5O5. The number of rotatable bonds is 8. The highest BCUT2D eigenvalue weighted by Crippen LogP contribution is 2.55. The Morgan fingerprint density at radius 3 is 2.58 bits per heavy atom. The number of hydrogen-bond donors (Lipinski definition) is 3. The van der Waals surface area contributed by atoms with Gasteiger partial charge in [0.15, 0.2) is 0 Å². The highest BCUT2D eigenvalue weighted by atomic mass is 35.5. The van der Waals surface area contributed by atoms with E-state index < -0.39 is 35.6 Å². The van der Waals surface area contributed by atoms with Crippen molar-refractivity contribution in [1.29, 1.82) is 0 Å². The average Bonchev–Trinajstić information content (AvgIpc) is 3.84. The predicted octanol–water partition coefficient (Wildman–Crippen LogP) is 2.08. The van der Waals surface area contributed by atoms with Gasteiger partial charge in [0.25, 0.3) is 11.8 Å². The molecule has 3 N–H and O–H groups in total. The first-order valence-corrected chi connectivity index (χ1v) is 14.5. The summed E-state index contributed by atoms with van der Waals surface area (Å²) in [4.78, 5) is 67.6. The van der Waals surface area contributed by atoms with Gasteiger partial charge in [0.05, 0.1) is 6.04 Å². The van der Waals surface area contributed by atoms with Crippen molar-refractivity contribution < 1.29 is 24.0 Å². The van der Waals surface area contributed by atoms with Gasteiger partial charge in [-0.05, 0) is 75.0 Å². The second kappa shape index (κ2) is 10.2. The number of carbonyl (C=O) groups is 5. The first-order chi connectivity index (χ1) is 19.1. The van der Waals surface area contributed by atoms with Gasteiger partial charge >= 0.3 is 0 Å². The minimum absolute atomic E-state index is 0.0144. The van der Waals surface area contributed by atoms with E-state index in [1.165, 1.54) is 0 Å². The molecule has 11 heteroatoms. The Bertz CT molecular complexity index is 1410. The lowest BCUT2D eigenvalue weighted by Gasteiger charge is -2.39. The number of nitrogens with one attached hydrogen (secondary N) is 3. The number of benzene rings is 1. The van der Waals surface area contributed by atoms with Gasteiger partial charge in [-0.3, -0.25) is 24.0 Å². The molecule has 3 atom stereocenters. The number of aryl methyl sites for hydroxylation is 1. The third-order valence-electron chi connectivity index (χ3n) is 9.09. The summed E-state index contributed by atoms with van der Waals surface area (Å²) in [6.07, 6.45) is 5.53. The van der Waals surface area contributed by atoms with E-state index in [-0.39, 0.29) is 29.7 Å². The minimum atomic E-state index is -1.14. The lowest BCUT2D eigenvalue weighted by molar-refractivity contribution is -0.141. The zero-order valence-corrected chi connectivity index (χ0v) is 23.3. The molecule has 4 fully saturated rings. The first-order valence-electron chi connectivity index (χ1n) is 14.1. The number of amides is 4. The van der Waals surface area contributed by atoms with E-state index in [2.05, 4.69) is 16.0 Å². The third kappa shape index (κ3) is 5.21. The normalized spacial score (nSPS) is 24.1. The molecule has 2 saturated carbocycles. The van der Waals surface area contributed by atoms with Crippen molar-refractivity contribution in [2.75, 3.05) is 13.1 Å². The van der Waals surface area contributed by atoms with Crippen LogP contribution in [0.2, 0.25) is 5.02 Å². The maximum Gasteiger partial charge on any atom is 0.289 e. The summed E-state index contributed by atoms with van der Waals surface area (Å²) >= 11 is 6.19. The molecule has 0 unspecified atom stereocenters. The number of ketones is 1. The molecule has 0 bridgehead atoms. The third-order valence-corrected chi connectivity index (χ3v) is 9.32. The quantitative estimate of drug-likeness (QED) is 0.421. The summed E-state index contributed by atoms with van der Waals surface area (Å²) < 4.78 is 1.78. The van der Waals surface area contributed by atoms with Gasteiger partial charge in [0.2, 0.25) is 17.6 Å². The predicted molar refractivity (Wildman–Crippen MR) is 147 cm³/mol. The van der Waals surface area contributed by atoms with Crippen molar-refractivity contribution in [3.63, 3.8) is 0 Å². The van der Waals surface area contributed by atoms with Crippen LogP contribution in [-0.2, 0) is 26.2 Å². The van der Waals surface area contributed by atoms with Crippen LogP contribution in [0, 0.1) is 11.3 Å². The van der Waals surface area contributed by atoms with Gasteiger partial charge in [-0.15, -0.1) is 0 Å². The molecule has 4 aliphatic rings. The Morgan fingerprint density at radius 1 is 1.12 bits per heavy atom. The Labute approximate surface area is 237 Å². The maximum atomic E-state index is 13.9. The van der Waals surface area contributed by atoms with E-state index in [4.69, 9.17) is 11.6 Å². The molecule has 10 nitrogen and oxygen atoms in total. The van der Waals surface area contributed by atoms with Crippen LogP contribution in [0.5, 0.6) is 0 Å². The molecule has 212 valence electrons. The van der Waals surface area contributed by atoms with Crippen LogP contribution < -0.4 is 16.0 Å². The van der Waals surface area contributed by atoms with Crippen molar-refractivity contribution in [2.45, 2.75) is 69.5 Å². The van der Waals surface area contributed by atoms with Crippen LogP contribution in [-0.4, -0.2) is 70.1 Å². The molecule has 2 aliphatic heterocycles. The smallest absolute Gasteiger partial charge is 0.289 e. The average molecular weight is 568 g/mol. The minimum Gasteiger partial charge on any atom is -0.356 e. The van der Waals surface area contributed by atoms with Crippen LogP contribution in [0.4, 0.5) is 0 Å². The largest absolute Gasteiger partial charge is 0.356 e. The maximum absolute atomic E-state index is 13.9. The summed E-state index contributed by atoms with van der Waals surface area (Å²) in [6.45, 7) is 0.918. The van der Waals surface area contributed by atoms with Gasteiger partial charge in [0, 0.05) is 48.0 Å². The fraction of sp³-hybridized carbons (Fsp3) is 0.552. The van der Waals surface area contributed by atoms with Crippen molar-refractivity contribution in [2.24, 2.45) is 18.4 Å². The van der Waals surface area contributed by atoms with Crippen molar-refractivity contribution in [1.82, 2.24) is 25.4 Å². The topological polar surface area (TPSA) is 130 Å². The first kappa shape index (κ1) is 26.8. The van der Waals surface area contributed by atoms with Gasteiger partial charge in [-0.2, -0.15) is 0 Å². The molecule has 2 aromatic rings. The zero-order chi connectivity index (χ0) is 28.2. The fourth-order valence-corrected chi connectivity index (χ4v) is 6.36. The molecule has 4 amide bonds. The van der Waals surface area contributed by atoms with Crippen LogP contribution in [0.3, 0.4) is 0 Å². The molecule has 40 heavy (non-hydrogen) atoms. The molecule has 2 aliphatic carbocycles. The number of nitrogens with zero attached hydrogens (tertiary/aromatic N) is 2. The molecule has 2 saturated heterocycles. The Hall–Kier alpha value is -3.40. The number of aromatic nitrogens is 1. The zero-order valence-electron chi connectivity index (χ0n) is 22.5. The standard InChI is InChI=1S/C29H34ClN5O5/c1-34-21-14-18(30)3-2-16(21)13-22(34)28(40)35-11-9-29(7-8-29)15-23(35)26(38)33-20(12-17-6-10-31-25(17)37)24(36)27(39)32-19-4-5-19/h2-3,13-14,17,19-20,23H,4-12,15H2,1H3,(H,31,37)(H,32,39)(H,33,38)/t17-,20-,23-/m0/s1. The number of hydrogen-bond acceptors (Lipinski definition) is 5. The summed E-state index contributed by atoms with van der Waals surface area (Å²) in [7, 11) is 1.80. The second-order valence-corrected chi connectivity index (χ2v) is 12.4. The number of halogens is 1. The van der Waals surface area contributed by atoms with Gasteiger partial charge in [-0.25, -0.2) is 0 Å². The van der Waals surface area contributed by atoms with Gasteiger partial charge in [0.1, 0.15) is 11.7 Å². The molecular weight excluding hydrogens is 534 g/mol. The summed E-state index contributed by atoms with van der Waals surface area (Å²) in [5.41, 5.74) is 1.29. The fourth-order valence-electron chi connectivity index (χ4n) is 6.20. The lowest BCUT2D eigenvalue weighted by atomic mass is 9.86. The van der Waals surface area contributed by atoms with Crippen molar-refractivity contribution in [3.05, 3.63) is 35.0 Å². The van der Waals surface area contributed by atoms with E-state index in [0.29, 0.717) is 36.6 Å². The molecule has 3 heterocycles. The van der Waals surface area contributed by atoms with E-state index in [0.717, 1.165) is 43.0 Å². The lowest BCUT2D eigenvalue weighted by Crippen LogP contribution is -2.58. The SMILES string of the molecule is Cn1c(C(=O)N2CCC3(CC3)C[C@H]2C(=O)N[C@@H](C[C@@H]2CCNC2=O)C(=O)C(=O)NC2CC2)cc2ccc(Cl)cc21. The van der Waals surface area contributed by atoms with Crippen molar-refractivity contribution in [3.8, 4) is 0 Å². The van der Waals surface area contributed by atoms with Gasteiger partial charge in [-0.1, -0.05) is 17.7 Å². The Morgan fingerprint density at radius 2 is 1.90 bits per heavy atom. The Kier molecular flexibility index (Phi) is 6.84. The van der Waals surface area contributed by atoms with Crippen LogP contribution in [0.1, 0.15) is 61.9 Å². The number of piperidine rings is 1. The van der Waals surface area contributed by atoms with E-state index in [1.807, 2.05) is 6.07 Å². The number of likely N-dealkylation sites (tertiary alicyclic amines) is 1. The molecule has 1 spiro atoms. The van der Waals surface area contributed by atoms with Gasteiger partial charge < -0.3 is 25.4 Å². The summed E-state index contributed by atoms with van der Waals surface area (Å²) in [5, 5.41) is 9.70. The second-order valence-electron chi connectivity index (χ2n) is 11.9. The summed E-state index contributed by atoms with van der Waals surface area (Å²) in [5.74, 6) is -2.87. The molecule has 0 radical (unpaired) electrons. The summed E-state index contributed by atoms with van der Waals surface area (Å²) in [6, 6.07) is 5.29. The van der Waals surface area contributed by atoms with E-state index >= 15 is 0 Å². The van der Waals surface area contributed by atoms with E-state index in [1.54, 1.807) is 34.7 Å². The molecule has 6 rings (SSSR count). The Balaban J connectivity index is 1.25. The number of Topliss-reactive ketones (excluding diaryl/α,β-unsaturated/α-hetero) is 1. The van der Waals surface area contributed by atoms with Crippen LogP contribution >= 0.6 is 11.6 Å².